The maximum atomic E-state index is 12.3. The summed E-state index contributed by atoms with van der Waals surface area (Å²) in [5, 5.41) is 22.5. The van der Waals surface area contributed by atoms with Crippen LogP contribution in [0.4, 0.5) is 16.7 Å². The second kappa shape index (κ2) is 26.8. The molecule has 2 saturated carbocycles. The van der Waals surface area contributed by atoms with E-state index in [1.54, 1.807) is 0 Å². The van der Waals surface area contributed by atoms with E-state index >= 15 is 0 Å². The lowest BCUT2D eigenvalue weighted by Crippen LogP contribution is -2.51. The number of aryl methyl sites for hydroxylation is 2. The third-order valence-electron chi connectivity index (χ3n) is 18.2. The van der Waals surface area contributed by atoms with Crippen LogP contribution in [0.15, 0.2) is 122 Å². The predicted molar refractivity (Wildman–Crippen MR) is 347 cm³/mol. The van der Waals surface area contributed by atoms with Gasteiger partial charge in [-0.1, -0.05) is 74.5 Å². The molecule has 2 aromatic carbocycles. The van der Waals surface area contributed by atoms with Crippen LogP contribution in [0.25, 0.3) is 44.2 Å². The standard InChI is InChI=1S/C24H28N6.C21H30BrN5O2.C14H18BNO2.2CH4.H4N8/c1-16-20(18-5-2-4-17-7-11-26-21(17)18)22-27-12-15-30(22)23(28-16)29-13-9-24(10-14-29)8-3-6-19(24)25;1-14-16(22)17-23-10-13-27(17)18(24-14)26-11-8-21(9-12-26)7-5-6-15(21)25-19(28)29-20(2,3)4;1-13(2)14(3,4)18-15(17-13)11-7-5-6-10-8-9-16-12(10)11;;;1-3-5-7-8-6-4-2/h2,4-5,7,11-12,15,19,26H,3,6,8-10,13-14,25H2,1H3;10,13,15H,5-9,11-12H2,1-4H3,(H,25,28);5-9,16H,1-4H3;2*1H4;(H2,1,4,5,8)(H2,2,3,6,7)/t19-;15-;;;;/m11..../s1. The van der Waals surface area contributed by atoms with Crippen molar-refractivity contribution in [2.24, 2.45) is 59.6 Å². The highest BCUT2D eigenvalue weighted by Gasteiger charge is 2.52. The minimum absolute atomic E-state index is 0. The summed E-state index contributed by atoms with van der Waals surface area (Å²) < 4.78 is 22.8. The zero-order valence-corrected chi connectivity index (χ0v) is 51.8. The van der Waals surface area contributed by atoms with Crippen LogP contribution in [0, 0.1) is 24.7 Å². The lowest BCUT2D eigenvalue weighted by atomic mass is 9.74. The summed E-state index contributed by atoms with van der Waals surface area (Å²) in [6.45, 7) is 22.0. The van der Waals surface area contributed by atoms with Gasteiger partial charge < -0.3 is 56.5 Å². The van der Waals surface area contributed by atoms with Gasteiger partial charge in [-0.15, -0.1) is 0 Å². The molecule has 3 aliphatic heterocycles. The minimum atomic E-state index is -0.472. The first-order valence-electron chi connectivity index (χ1n) is 29.3. The van der Waals surface area contributed by atoms with Crippen molar-refractivity contribution in [2.45, 2.75) is 170 Å². The lowest BCUT2D eigenvalue weighted by Gasteiger charge is -2.43. The van der Waals surface area contributed by atoms with Gasteiger partial charge in [-0.25, -0.2) is 24.7 Å². The second-order valence-electron chi connectivity index (χ2n) is 24.9. The number of benzene rings is 2. The van der Waals surface area contributed by atoms with Crippen molar-refractivity contribution in [3.63, 3.8) is 0 Å². The Bertz CT molecular complexity index is 3690. The topological polar surface area (TPSA) is 307 Å². The van der Waals surface area contributed by atoms with Crippen LogP contribution in [-0.4, -0.2) is 107 Å². The third kappa shape index (κ3) is 13.6. The van der Waals surface area contributed by atoms with Gasteiger partial charge >= 0.3 is 13.2 Å². The number of hydrogen-bond acceptors (Lipinski definition) is 13. The highest BCUT2D eigenvalue weighted by Crippen LogP contribution is 2.48. The highest BCUT2D eigenvalue weighted by molar-refractivity contribution is 9.10. The fourth-order valence-electron chi connectivity index (χ4n) is 13.0. The molecule has 2 aliphatic carbocycles. The van der Waals surface area contributed by atoms with Gasteiger partial charge in [0.25, 0.3) is 0 Å². The van der Waals surface area contributed by atoms with Crippen LogP contribution in [0.5, 0.6) is 0 Å². The summed E-state index contributed by atoms with van der Waals surface area (Å²) in [5.41, 5.74) is 15.3. The molecule has 3 saturated heterocycles. The molecule has 87 heavy (non-hydrogen) atoms. The van der Waals surface area contributed by atoms with Crippen LogP contribution in [-0.2, 0) is 14.0 Å². The molecular weight excluding hydrogens is 1170 g/mol. The van der Waals surface area contributed by atoms with Gasteiger partial charge in [0.2, 0.25) is 11.9 Å². The number of imidazole rings is 2. The van der Waals surface area contributed by atoms with E-state index in [4.69, 9.17) is 34.7 Å². The maximum absolute atomic E-state index is 12.3. The summed E-state index contributed by atoms with van der Waals surface area (Å²) >= 11 is 3.60. The summed E-state index contributed by atoms with van der Waals surface area (Å²) in [6.07, 6.45) is 22.8. The van der Waals surface area contributed by atoms with Gasteiger partial charge in [-0.2, -0.15) is 0 Å². The number of para-hydroxylation sites is 2. The number of carbonyl (C=O) groups is 1. The fraction of sp³-hybridized carbons (Fsp3) is 0.525. The number of nitrogens with one attached hydrogen (secondary N) is 3. The Morgan fingerprint density at radius 1 is 0.713 bits per heavy atom. The SMILES string of the molecule is C.C.CC1(C)OB(c2cccc3cc[nH]c23)OC1(C)C.Cc1nc(N2CCC3(CCC[C@H]3N)CC2)n2ccnc2c1-c1cccc2cc[nH]c12.Cc1nc(N2CCC3(CCC[C@H]3NC(=O)OC(C)(C)C)CC2)n2ccnc2c1Br.N/N=N/N=N/N=N/N. The van der Waals surface area contributed by atoms with Crippen molar-refractivity contribution in [3.05, 3.63) is 102 Å². The van der Waals surface area contributed by atoms with Gasteiger partial charge in [-0.3, -0.25) is 8.80 Å². The van der Waals surface area contributed by atoms with Crippen LogP contribution >= 0.6 is 15.9 Å². The number of aromatic amines is 2. The molecule has 6 aromatic heterocycles. The Morgan fingerprint density at radius 2 is 1.23 bits per heavy atom. The van der Waals surface area contributed by atoms with Crippen LogP contribution in [0.1, 0.15) is 139 Å². The molecule has 0 bridgehead atoms. The van der Waals surface area contributed by atoms with Gasteiger partial charge in [0, 0.05) is 97.6 Å². The molecule has 9 N–H and O–H groups in total. The Morgan fingerprint density at radius 3 is 1.80 bits per heavy atom. The molecule has 0 unspecified atom stereocenters. The minimum Gasteiger partial charge on any atom is -0.444 e. The Kier molecular flexibility index (Phi) is 20.2. The van der Waals surface area contributed by atoms with E-state index in [2.05, 4.69) is 175 Å². The summed E-state index contributed by atoms with van der Waals surface area (Å²) in [7, 11) is -0.308. The van der Waals surface area contributed by atoms with E-state index in [1.165, 1.54) is 30.0 Å². The number of aromatic nitrogens is 8. The molecule has 2 atom stereocenters. The van der Waals surface area contributed by atoms with Crippen molar-refractivity contribution >= 4 is 79.6 Å². The molecule has 24 nitrogen and oxygen atoms in total. The van der Waals surface area contributed by atoms with E-state index in [0.717, 1.165) is 138 Å². The molecule has 13 rings (SSSR count). The van der Waals surface area contributed by atoms with Crippen molar-refractivity contribution < 1.29 is 18.8 Å². The fourth-order valence-corrected chi connectivity index (χ4v) is 13.4. The summed E-state index contributed by atoms with van der Waals surface area (Å²) in [6, 6.07) is 17.3. The van der Waals surface area contributed by atoms with E-state index in [1.807, 2.05) is 70.9 Å². The average molecular weight is 1260 g/mol. The zero-order valence-electron chi connectivity index (χ0n) is 50.2. The van der Waals surface area contributed by atoms with Crippen molar-refractivity contribution in [1.29, 1.82) is 0 Å². The first-order chi connectivity index (χ1) is 40.7. The van der Waals surface area contributed by atoms with Crippen LogP contribution in [0.3, 0.4) is 0 Å². The molecule has 1 amide bonds. The molecule has 466 valence electrons. The molecule has 5 aliphatic rings. The Hall–Kier alpha value is -7.55. The quantitative estimate of drug-likeness (QED) is 0.0375. The Labute approximate surface area is 518 Å². The number of hydrogen-bond donors (Lipinski definition) is 6. The van der Waals surface area contributed by atoms with Gasteiger partial charge in [0.1, 0.15) is 11.2 Å². The third-order valence-corrected chi connectivity index (χ3v) is 19.1. The number of piperidine rings is 2. The highest BCUT2D eigenvalue weighted by atomic mass is 79.9. The lowest BCUT2D eigenvalue weighted by molar-refractivity contribution is 0.00578. The van der Waals surface area contributed by atoms with Gasteiger partial charge in [-0.05, 0) is 184 Å². The number of ether oxygens (including phenoxy) is 1. The number of nitrogens with zero attached hydrogens (tertiary/aromatic N) is 14. The molecule has 8 aromatic rings. The number of nitrogens with two attached hydrogens (primary N) is 3. The molecule has 26 heteroatoms. The Balaban J connectivity index is 0.000000161. The molecule has 5 fully saturated rings. The van der Waals surface area contributed by atoms with Gasteiger partial charge in [0.15, 0.2) is 5.65 Å². The number of H-pyrrole nitrogens is 2. The van der Waals surface area contributed by atoms with Crippen molar-refractivity contribution in [3.8, 4) is 11.1 Å². The van der Waals surface area contributed by atoms with Crippen molar-refractivity contribution in [1.82, 2.24) is 44.0 Å². The molecular formula is C61H88BBrN20O4. The van der Waals surface area contributed by atoms with E-state index in [-0.39, 0.29) is 50.7 Å². The smallest absolute Gasteiger partial charge is 0.444 e. The van der Waals surface area contributed by atoms with Crippen LogP contribution < -0.4 is 38.0 Å². The summed E-state index contributed by atoms with van der Waals surface area (Å²) in [5.74, 6) is 11.0. The number of fused-ring (bicyclic) bond motifs is 4. The molecule has 0 radical (unpaired) electrons. The first kappa shape index (κ1) is 65.4. The number of anilines is 2. The number of amides is 1. The first-order valence-corrected chi connectivity index (χ1v) is 30.1. The number of carbonyl (C=O) groups excluding carboxylic acids is 1. The number of halogens is 1. The predicted octanol–water partition coefficient (Wildman–Crippen LogP) is 12.4. The number of rotatable bonds is 7. The molecule has 2 spiro atoms. The maximum Gasteiger partial charge on any atom is 0.497 e. The second-order valence-corrected chi connectivity index (χ2v) is 25.7. The number of alkyl carbamates (subject to hydrolysis) is 1. The van der Waals surface area contributed by atoms with E-state index < -0.39 is 5.60 Å². The monoisotopic (exact) mass is 1250 g/mol. The van der Waals surface area contributed by atoms with Crippen LogP contribution in [0.2, 0.25) is 0 Å². The van der Waals surface area contributed by atoms with E-state index in [0.29, 0.717) is 11.5 Å². The molecule has 9 heterocycles. The normalized spacial score (nSPS) is 20.2. The average Bonchev–Trinajstić information content (AvgIpc) is 2.83. The largest absolute Gasteiger partial charge is 0.497 e. The van der Waals surface area contributed by atoms with E-state index in [9.17, 15) is 4.79 Å². The zero-order chi connectivity index (χ0) is 60.3. The van der Waals surface area contributed by atoms with Crippen molar-refractivity contribution in [2.75, 3.05) is 36.0 Å². The van der Waals surface area contributed by atoms with Gasteiger partial charge in [0.05, 0.1) is 32.6 Å². The summed E-state index contributed by atoms with van der Waals surface area (Å²) in [4.78, 5) is 42.9.